The highest BCUT2D eigenvalue weighted by molar-refractivity contribution is 7.16. The molecule has 154 valence electrons. The first-order chi connectivity index (χ1) is 14.4. The van der Waals surface area contributed by atoms with Gasteiger partial charge in [-0.2, -0.15) is 5.10 Å². The fraction of sp³-hybridized carbons (Fsp3) is 0.286. The molecule has 1 saturated heterocycles. The van der Waals surface area contributed by atoms with Crippen LogP contribution in [0.3, 0.4) is 0 Å². The number of hydrogen-bond donors (Lipinski definition) is 3. The zero-order valence-electron chi connectivity index (χ0n) is 16.6. The number of likely N-dealkylation sites (N-methyl/N-ethyl adjacent to an activating group) is 1. The summed E-state index contributed by atoms with van der Waals surface area (Å²) in [6.07, 6.45) is 4.27. The van der Waals surface area contributed by atoms with E-state index in [-0.39, 0.29) is 11.8 Å². The molecule has 2 atom stereocenters. The van der Waals surface area contributed by atoms with Gasteiger partial charge in [0.2, 0.25) is 0 Å². The van der Waals surface area contributed by atoms with Crippen molar-refractivity contribution in [2.45, 2.75) is 19.1 Å². The lowest BCUT2D eigenvalue weighted by atomic mass is 10.0. The predicted octanol–water partition coefficient (Wildman–Crippen LogP) is 4.07. The van der Waals surface area contributed by atoms with E-state index >= 15 is 0 Å². The van der Waals surface area contributed by atoms with Gasteiger partial charge >= 0.3 is 5.70 Å². The third kappa shape index (κ3) is 4.06. The van der Waals surface area contributed by atoms with E-state index in [1.165, 1.54) is 11.3 Å². The van der Waals surface area contributed by atoms with E-state index in [1.807, 2.05) is 24.9 Å². The molecule has 1 aliphatic heterocycles. The minimum Gasteiger partial charge on any atom is -0.507 e. The van der Waals surface area contributed by atoms with Crippen molar-refractivity contribution in [1.29, 1.82) is 0 Å². The second kappa shape index (κ2) is 8.26. The zero-order chi connectivity index (χ0) is 21.3. The van der Waals surface area contributed by atoms with E-state index < -0.39 is 6.17 Å². The van der Waals surface area contributed by atoms with Crippen LogP contribution in [0.5, 0.6) is 5.75 Å². The second-order valence-electron chi connectivity index (χ2n) is 7.33. The van der Waals surface area contributed by atoms with Crippen molar-refractivity contribution in [1.82, 2.24) is 20.1 Å². The predicted molar refractivity (Wildman–Crippen MR) is 119 cm³/mol. The Morgan fingerprint density at radius 3 is 2.90 bits per heavy atom. The van der Waals surface area contributed by atoms with Gasteiger partial charge in [0.25, 0.3) is 6.57 Å². The molecule has 0 unspecified atom stereocenters. The fourth-order valence-electron chi connectivity index (χ4n) is 3.49. The lowest BCUT2D eigenvalue weighted by molar-refractivity contribution is 0.314. The third-order valence-corrected chi connectivity index (χ3v) is 6.12. The van der Waals surface area contributed by atoms with Crippen LogP contribution in [0.15, 0.2) is 30.6 Å². The number of aryl methyl sites for hydroxylation is 1. The number of aromatic amines is 1. The summed E-state index contributed by atoms with van der Waals surface area (Å²) in [5, 5.41) is 21.0. The fourth-order valence-corrected chi connectivity index (χ4v) is 4.46. The van der Waals surface area contributed by atoms with Gasteiger partial charge in [-0.3, -0.25) is 5.10 Å². The molecular weight excluding hydrogens is 403 g/mol. The van der Waals surface area contributed by atoms with Gasteiger partial charge in [-0.05, 0) is 36.5 Å². The number of phenols is 1. The quantitative estimate of drug-likeness (QED) is 0.574. The maximum absolute atomic E-state index is 14.1. The Morgan fingerprint density at radius 1 is 1.43 bits per heavy atom. The van der Waals surface area contributed by atoms with E-state index in [0.29, 0.717) is 29.5 Å². The number of H-pyrrole nitrogens is 1. The van der Waals surface area contributed by atoms with Gasteiger partial charge in [-0.15, -0.1) is 0 Å². The van der Waals surface area contributed by atoms with Crippen LogP contribution in [-0.2, 0) is 0 Å². The Balaban J connectivity index is 1.59. The minimum absolute atomic E-state index is 0.0592. The Bertz CT molecular complexity index is 1120. The van der Waals surface area contributed by atoms with Gasteiger partial charge in [0.15, 0.2) is 5.13 Å². The molecule has 4 rings (SSSR count). The number of anilines is 1. The Labute approximate surface area is 177 Å². The number of rotatable bonds is 5. The summed E-state index contributed by atoms with van der Waals surface area (Å²) in [7, 11) is 1.90. The summed E-state index contributed by atoms with van der Waals surface area (Å²) in [6, 6.07) is 4.99. The number of nitrogens with one attached hydrogen (secondary N) is 2. The molecule has 1 aromatic carbocycles. The van der Waals surface area contributed by atoms with Crippen LogP contribution in [0, 0.1) is 13.5 Å². The molecular formula is C21H22FN6OS+. The van der Waals surface area contributed by atoms with E-state index in [4.69, 9.17) is 6.57 Å². The molecule has 30 heavy (non-hydrogen) atoms. The summed E-state index contributed by atoms with van der Waals surface area (Å²) in [5.74, 6) is 0.0592. The van der Waals surface area contributed by atoms with Crippen molar-refractivity contribution >= 4 is 28.2 Å². The van der Waals surface area contributed by atoms with Crippen molar-refractivity contribution in [3.8, 4) is 23.4 Å². The number of nitrogens with zero attached hydrogens (tertiary/aromatic N) is 4. The number of benzene rings is 1. The molecule has 3 aromatic rings. The first-order valence-corrected chi connectivity index (χ1v) is 10.3. The summed E-state index contributed by atoms with van der Waals surface area (Å²) >= 11 is 1.40. The zero-order valence-corrected chi connectivity index (χ0v) is 17.4. The molecule has 0 radical (unpaired) electrons. The van der Waals surface area contributed by atoms with Gasteiger partial charge in [0, 0.05) is 30.9 Å². The van der Waals surface area contributed by atoms with Crippen molar-refractivity contribution in [3.63, 3.8) is 0 Å². The number of aromatic hydroxyl groups is 1. The van der Waals surface area contributed by atoms with E-state index in [2.05, 4.69) is 25.3 Å². The van der Waals surface area contributed by atoms with Gasteiger partial charge in [-0.25, -0.2) is 9.37 Å². The standard InChI is InChI=1S/C21H21FN6OS/c1-12-20(30-21(26-12)27-18-11-28(3)10-16(18)22)7-17(23-2)15-5-4-13(6-19(15)29)14-8-24-25-9-14/h2,4-9,16,18H,10-11H2,1,3H3,(H2-,24,25,26,27,29)/p+1/b17-7-/t16-,18+/m0/s1. The van der Waals surface area contributed by atoms with Gasteiger partial charge in [0.1, 0.15) is 17.5 Å². The maximum Gasteiger partial charge on any atom is 0.352 e. The lowest BCUT2D eigenvalue weighted by Crippen LogP contribution is -2.29. The van der Waals surface area contributed by atoms with Crippen molar-refractivity contribution in [2.75, 3.05) is 25.5 Å². The summed E-state index contributed by atoms with van der Waals surface area (Å²) in [4.78, 5) is 11.1. The summed E-state index contributed by atoms with van der Waals surface area (Å²) in [6.45, 7) is 8.54. The van der Waals surface area contributed by atoms with Crippen molar-refractivity contribution in [2.24, 2.45) is 0 Å². The molecule has 3 N–H and O–H groups in total. The highest BCUT2D eigenvalue weighted by Gasteiger charge is 2.31. The molecule has 0 aliphatic carbocycles. The van der Waals surface area contributed by atoms with Crippen LogP contribution in [0.25, 0.3) is 27.7 Å². The second-order valence-corrected chi connectivity index (χ2v) is 8.36. The first kappa shape index (κ1) is 20.1. The lowest BCUT2D eigenvalue weighted by Gasteiger charge is -2.12. The molecule has 9 heteroatoms. The Kier molecular flexibility index (Phi) is 5.53. The summed E-state index contributed by atoms with van der Waals surface area (Å²) in [5.41, 5.74) is 3.40. The number of halogens is 1. The normalized spacial score (nSPS) is 19.7. The van der Waals surface area contributed by atoms with E-state index in [1.54, 1.807) is 30.6 Å². The number of aromatic nitrogens is 3. The summed E-state index contributed by atoms with van der Waals surface area (Å²) < 4.78 is 14.1. The van der Waals surface area contributed by atoms with Crippen LogP contribution in [-0.4, -0.2) is 57.5 Å². The Morgan fingerprint density at radius 2 is 2.27 bits per heavy atom. The molecule has 0 bridgehead atoms. The van der Waals surface area contributed by atoms with Gasteiger partial charge < -0.3 is 15.3 Å². The topological polar surface area (TPSA) is 81.4 Å². The number of alkyl halides is 1. The van der Waals surface area contributed by atoms with Crippen LogP contribution in [0.2, 0.25) is 0 Å². The van der Waals surface area contributed by atoms with Crippen LogP contribution in [0.4, 0.5) is 9.52 Å². The number of thiazole rings is 1. The average Bonchev–Trinajstić information content (AvgIpc) is 3.42. The van der Waals surface area contributed by atoms with E-state index in [0.717, 1.165) is 21.7 Å². The first-order valence-electron chi connectivity index (χ1n) is 9.46. The SMILES string of the molecule is C#[N+]/C(=C\c1sc(N[C@@H]2CN(C)C[C@@H]2F)nc1C)c1ccc(-c2cn[nH]c2)cc1O. The Hall–Kier alpha value is -3.22. The van der Waals surface area contributed by atoms with Gasteiger partial charge in [-0.1, -0.05) is 17.4 Å². The smallest absolute Gasteiger partial charge is 0.352 e. The molecule has 1 aliphatic rings. The highest BCUT2D eigenvalue weighted by Crippen LogP contribution is 2.34. The van der Waals surface area contributed by atoms with Crippen LogP contribution in [0.1, 0.15) is 16.1 Å². The van der Waals surface area contributed by atoms with Crippen LogP contribution < -0.4 is 5.32 Å². The third-order valence-electron chi connectivity index (χ3n) is 5.08. The molecule has 1 fully saturated rings. The molecule has 0 saturated carbocycles. The largest absolute Gasteiger partial charge is 0.507 e. The average molecular weight is 426 g/mol. The monoisotopic (exact) mass is 425 g/mol. The number of hydrogen-bond acceptors (Lipinski definition) is 6. The van der Waals surface area contributed by atoms with Crippen molar-refractivity contribution in [3.05, 3.63) is 51.6 Å². The highest BCUT2D eigenvalue weighted by atomic mass is 32.1. The van der Waals surface area contributed by atoms with E-state index in [9.17, 15) is 9.50 Å². The maximum atomic E-state index is 14.1. The van der Waals surface area contributed by atoms with Gasteiger partial charge in [0.05, 0.1) is 22.8 Å². The van der Waals surface area contributed by atoms with Crippen molar-refractivity contribution < 1.29 is 9.50 Å². The molecule has 0 spiro atoms. The molecule has 2 aromatic heterocycles. The van der Waals surface area contributed by atoms with Crippen LogP contribution >= 0.6 is 11.3 Å². The minimum atomic E-state index is -0.932. The molecule has 0 amide bonds. The molecule has 3 heterocycles. The number of phenolic OH excluding ortho intramolecular Hbond substituents is 1. The molecule has 7 nitrogen and oxygen atoms in total. The number of likely N-dealkylation sites (tertiary alicyclic amines) is 1.